The number of nitrogens with zero attached hydrogens (tertiary/aromatic N) is 3. The van der Waals surface area contributed by atoms with Crippen LogP contribution in [0.3, 0.4) is 0 Å². The third-order valence-corrected chi connectivity index (χ3v) is 17.3. The maximum absolute atomic E-state index is 2.59. The van der Waals surface area contributed by atoms with E-state index in [4.69, 9.17) is 0 Å². The van der Waals surface area contributed by atoms with Gasteiger partial charge in [-0.2, -0.15) is 0 Å². The van der Waals surface area contributed by atoms with Crippen molar-refractivity contribution in [1.82, 2.24) is 0 Å². The third kappa shape index (κ3) is 8.88. The van der Waals surface area contributed by atoms with Crippen LogP contribution in [0.15, 0.2) is 170 Å². The topological polar surface area (TPSA) is 9.72 Å². The van der Waals surface area contributed by atoms with E-state index >= 15 is 0 Å². The summed E-state index contributed by atoms with van der Waals surface area (Å²) in [5, 5.41) is 0. The average molecular weight is 998 g/mol. The van der Waals surface area contributed by atoms with E-state index in [2.05, 4.69) is 295 Å². The quantitative estimate of drug-likeness (QED) is 0.154. The fraction of sp³-hybridized carbons (Fsp3) is 0.333. The molecule has 386 valence electrons. The van der Waals surface area contributed by atoms with Crippen molar-refractivity contribution in [2.24, 2.45) is 0 Å². The Balaban J connectivity index is 1.25. The molecule has 0 spiro atoms. The highest BCUT2D eigenvalue weighted by atomic mass is 15.2. The summed E-state index contributed by atoms with van der Waals surface area (Å²) in [5.74, 6) is 0. The van der Waals surface area contributed by atoms with Crippen molar-refractivity contribution in [3.8, 4) is 11.1 Å². The molecular formula is C72H80BN3. The van der Waals surface area contributed by atoms with Gasteiger partial charge < -0.3 is 14.7 Å². The zero-order valence-corrected chi connectivity index (χ0v) is 48.5. The van der Waals surface area contributed by atoms with Crippen LogP contribution >= 0.6 is 0 Å². The molecule has 2 aliphatic heterocycles. The molecule has 0 saturated heterocycles. The van der Waals surface area contributed by atoms with Crippen LogP contribution in [0.2, 0.25) is 0 Å². The number of benzene rings is 8. The monoisotopic (exact) mass is 998 g/mol. The smallest absolute Gasteiger partial charge is 0.252 e. The minimum Gasteiger partial charge on any atom is -0.311 e. The lowest BCUT2D eigenvalue weighted by Crippen LogP contribution is -2.61. The number of rotatable bonds is 6. The van der Waals surface area contributed by atoms with Crippen molar-refractivity contribution < 1.29 is 0 Å². The number of hydrogen-bond acceptors (Lipinski definition) is 3. The normalized spacial score (nSPS) is 15.7. The van der Waals surface area contributed by atoms with Gasteiger partial charge in [-0.05, 0) is 167 Å². The first-order chi connectivity index (χ1) is 35.7. The molecule has 0 atom stereocenters. The summed E-state index contributed by atoms with van der Waals surface area (Å²) in [4.78, 5) is 7.72. The van der Waals surface area contributed by atoms with Gasteiger partial charge in [0, 0.05) is 45.4 Å². The first-order valence-corrected chi connectivity index (χ1v) is 28.1. The number of fused-ring (bicyclic) bond motifs is 5. The van der Waals surface area contributed by atoms with Crippen molar-refractivity contribution in [1.29, 1.82) is 0 Å². The molecule has 8 aromatic rings. The van der Waals surface area contributed by atoms with E-state index in [1.54, 1.807) is 0 Å². The van der Waals surface area contributed by atoms with Crippen molar-refractivity contribution in [2.75, 3.05) is 14.7 Å². The van der Waals surface area contributed by atoms with Crippen LogP contribution in [0, 0.1) is 0 Å². The highest BCUT2D eigenvalue weighted by Crippen LogP contribution is 2.52. The fourth-order valence-corrected chi connectivity index (χ4v) is 12.5. The molecule has 0 unspecified atom stereocenters. The molecule has 4 heteroatoms. The molecule has 1 aliphatic carbocycles. The van der Waals surface area contributed by atoms with Crippen LogP contribution in [0.4, 0.5) is 51.2 Å². The standard InChI is InChI=1S/C72H80BN3/c1-67(2,3)48-27-33-53(34-28-48)75-62-38-31-50(69(7,8)9)43-59(62)73-60-44-51(70(10,11)12)32-39-63(60)76(54-35-29-49(30-36-54)68(4,5)6)65-46-55(45-64(75)66(65)73)74(52-22-18-17-19-23-52)61-25-21-20-24-56(61)47-26-37-57-58(42-47)72(15,16)41-40-71(57,13)14/h17-39,42-46H,40-41H2,1-16H3. The van der Waals surface area contributed by atoms with E-state index in [9.17, 15) is 0 Å². The Morgan fingerprint density at radius 2 is 0.829 bits per heavy atom. The van der Waals surface area contributed by atoms with Crippen molar-refractivity contribution >= 4 is 74.3 Å². The summed E-state index contributed by atoms with van der Waals surface area (Å²) >= 11 is 0. The molecule has 0 radical (unpaired) electrons. The Bertz CT molecular complexity index is 3370. The predicted molar refractivity (Wildman–Crippen MR) is 331 cm³/mol. The van der Waals surface area contributed by atoms with Crippen LogP contribution < -0.4 is 31.1 Å². The SMILES string of the molecule is CC(C)(C)c1ccc(N2c3ccc(C(C)(C)C)cc3B3c4cc(C(C)(C)C)ccc4N(c4ccc(C(C)(C)C)cc4)c4cc(N(c5ccccc5)c5ccccc5-c5ccc6c(c5)C(C)(C)CCC6(C)C)cc2c43)cc1. The summed E-state index contributed by atoms with van der Waals surface area (Å²) in [6.45, 7) is 37.7. The van der Waals surface area contributed by atoms with Gasteiger partial charge in [0.1, 0.15) is 0 Å². The lowest BCUT2D eigenvalue weighted by Gasteiger charge is -2.45. The van der Waals surface area contributed by atoms with Crippen LogP contribution in [-0.2, 0) is 32.5 Å². The summed E-state index contributed by atoms with van der Waals surface area (Å²) in [5.41, 5.74) is 25.3. The minimum atomic E-state index is -0.0552. The molecule has 0 saturated carbocycles. The van der Waals surface area contributed by atoms with Crippen LogP contribution in [0.25, 0.3) is 11.1 Å². The van der Waals surface area contributed by atoms with Crippen molar-refractivity contribution in [3.63, 3.8) is 0 Å². The largest absolute Gasteiger partial charge is 0.311 e. The van der Waals surface area contributed by atoms with Gasteiger partial charge in [0.05, 0.1) is 11.4 Å². The van der Waals surface area contributed by atoms with Gasteiger partial charge in [0.15, 0.2) is 0 Å². The molecular weight excluding hydrogens is 918 g/mol. The van der Waals surface area contributed by atoms with Crippen LogP contribution in [-0.4, -0.2) is 6.71 Å². The first-order valence-electron chi connectivity index (χ1n) is 28.1. The lowest BCUT2D eigenvalue weighted by atomic mass is 9.33. The molecule has 0 amide bonds. The molecule has 0 fully saturated rings. The van der Waals surface area contributed by atoms with E-state index < -0.39 is 0 Å². The fourth-order valence-electron chi connectivity index (χ4n) is 12.5. The van der Waals surface area contributed by atoms with E-state index in [1.165, 1.54) is 96.5 Å². The van der Waals surface area contributed by atoms with Crippen molar-refractivity contribution in [3.05, 3.63) is 203 Å². The molecule has 11 rings (SSSR count). The maximum atomic E-state index is 2.59. The summed E-state index contributed by atoms with van der Waals surface area (Å²) in [6, 6.07) is 66.1. The highest BCUT2D eigenvalue weighted by molar-refractivity contribution is 7.00. The molecule has 76 heavy (non-hydrogen) atoms. The number of hydrogen-bond donors (Lipinski definition) is 0. The average Bonchev–Trinajstić information content (AvgIpc) is 3.57. The lowest BCUT2D eigenvalue weighted by molar-refractivity contribution is 0.332. The van der Waals surface area contributed by atoms with Gasteiger partial charge in [-0.15, -0.1) is 0 Å². The Kier molecular flexibility index (Phi) is 12.1. The Morgan fingerprint density at radius 3 is 1.30 bits per heavy atom. The van der Waals surface area contributed by atoms with Gasteiger partial charge in [0.25, 0.3) is 6.71 Å². The Hall–Kier alpha value is -6.78. The molecule has 0 N–H and O–H groups in total. The first kappa shape index (κ1) is 51.3. The van der Waals surface area contributed by atoms with Crippen LogP contribution in [0.5, 0.6) is 0 Å². The summed E-state index contributed by atoms with van der Waals surface area (Å²) in [7, 11) is 0. The second kappa shape index (κ2) is 17.9. The molecule has 8 aromatic carbocycles. The van der Waals surface area contributed by atoms with E-state index in [0.717, 1.165) is 28.4 Å². The maximum Gasteiger partial charge on any atom is 0.252 e. The summed E-state index contributed by atoms with van der Waals surface area (Å²) in [6.07, 6.45) is 2.35. The molecule has 0 aromatic heterocycles. The van der Waals surface area contributed by atoms with E-state index in [0.29, 0.717) is 0 Å². The van der Waals surface area contributed by atoms with Gasteiger partial charge in [0.2, 0.25) is 0 Å². The van der Waals surface area contributed by atoms with Gasteiger partial charge in [-0.25, -0.2) is 0 Å². The van der Waals surface area contributed by atoms with E-state index in [1.807, 2.05) is 0 Å². The summed E-state index contributed by atoms with van der Waals surface area (Å²) < 4.78 is 0. The molecule has 2 heterocycles. The second-order valence-corrected chi connectivity index (χ2v) is 27.9. The zero-order valence-electron chi connectivity index (χ0n) is 48.5. The van der Waals surface area contributed by atoms with E-state index in [-0.39, 0.29) is 39.2 Å². The highest BCUT2D eigenvalue weighted by Gasteiger charge is 2.45. The van der Waals surface area contributed by atoms with Gasteiger partial charge in [-0.3, -0.25) is 0 Å². The Labute approximate surface area is 457 Å². The number of para-hydroxylation sites is 2. The van der Waals surface area contributed by atoms with Gasteiger partial charge in [-0.1, -0.05) is 214 Å². The van der Waals surface area contributed by atoms with Crippen LogP contribution in [0.1, 0.15) is 157 Å². The Morgan fingerprint density at radius 1 is 0.395 bits per heavy atom. The zero-order chi connectivity index (χ0) is 54.1. The number of anilines is 9. The van der Waals surface area contributed by atoms with Gasteiger partial charge >= 0.3 is 0 Å². The minimum absolute atomic E-state index is 0.00915. The van der Waals surface area contributed by atoms with Crippen molar-refractivity contribution in [2.45, 2.75) is 156 Å². The molecule has 3 aliphatic rings. The second-order valence-electron chi connectivity index (χ2n) is 27.9. The predicted octanol–water partition coefficient (Wildman–Crippen LogP) is 18.4. The molecule has 3 nitrogen and oxygen atoms in total. The molecule has 0 bridgehead atoms. The third-order valence-electron chi connectivity index (χ3n) is 17.3.